The molecule has 3 aliphatic carbocycles. The summed E-state index contributed by atoms with van der Waals surface area (Å²) in [5.41, 5.74) is 3.49. The summed E-state index contributed by atoms with van der Waals surface area (Å²) in [5, 5.41) is 0.959. The van der Waals surface area contributed by atoms with Gasteiger partial charge in [0.1, 0.15) is 11.6 Å². The molecule has 0 aliphatic heterocycles. The average molecular weight is 392 g/mol. The Kier molecular flexibility index (Phi) is 4.24. The van der Waals surface area contributed by atoms with Crippen LogP contribution in [0, 0.1) is 28.5 Å². The number of benzene rings is 1. The van der Waals surface area contributed by atoms with Crippen molar-refractivity contribution in [3.8, 4) is 0 Å². The van der Waals surface area contributed by atoms with Crippen molar-refractivity contribution in [3.63, 3.8) is 0 Å². The Morgan fingerprint density at radius 2 is 2.00 bits per heavy atom. The first kappa shape index (κ1) is 19.0. The van der Waals surface area contributed by atoms with E-state index in [-0.39, 0.29) is 16.6 Å². The van der Waals surface area contributed by atoms with Crippen molar-refractivity contribution in [2.75, 3.05) is 0 Å². The van der Waals surface area contributed by atoms with Crippen LogP contribution in [0.3, 0.4) is 0 Å². The fraction of sp³-hybridized carbons (Fsp3) is 0.538. The predicted molar refractivity (Wildman–Crippen MR) is 114 cm³/mol. The monoisotopic (exact) mass is 391 g/mol. The summed E-state index contributed by atoms with van der Waals surface area (Å²) in [5.74, 6) is 1.91. The van der Waals surface area contributed by atoms with Gasteiger partial charge in [-0.15, -0.1) is 0 Å². The molecule has 2 saturated carbocycles. The van der Waals surface area contributed by atoms with E-state index in [0.717, 1.165) is 43.0 Å². The van der Waals surface area contributed by atoms with Gasteiger partial charge in [-0.25, -0.2) is 4.39 Å². The molecule has 3 heteroatoms. The molecule has 3 atom stereocenters. The summed E-state index contributed by atoms with van der Waals surface area (Å²) in [6, 6.07) is 6.98. The fourth-order valence-corrected chi connectivity index (χ4v) is 5.86. The molecule has 2 nitrogen and oxygen atoms in total. The summed E-state index contributed by atoms with van der Waals surface area (Å²) in [7, 11) is 0. The number of rotatable bonds is 4. The number of hydrogen-bond donors (Lipinski definition) is 0. The zero-order valence-electron chi connectivity index (χ0n) is 17.7. The van der Waals surface area contributed by atoms with Crippen molar-refractivity contribution in [1.29, 1.82) is 0 Å². The molecule has 0 saturated heterocycles. The van der Waals surface area contributed by atoms with Gasteiger partial charge in [-0.05, 0) is 85.1 Å². The SMILES string of the molecule is CC(C)(C)CC(=O)C1(C2=C[C@H]3C[C@@H](c4ccnc5ccc(F)cc45)C[C@H]3C2)CC1. The first-order chi connectivity index (χ1) is 13.7. The zero-order valence-corrected chi connectivity index (χ0v) is 17.7. The van der Waals surface area contributed by atoms with Crippen molar-refractivity contribution in [2.24, 2.45) is 22.7 Å². The lowest BCUT2D eigenvalue weighted by Crippen LogP contribution is -2.23. The highest BCUT2D eigenvalue weighted by atomic mass is 19.1. The van der Waals surface area contributed by atoms with Crippen molar-refractivity contribution < 1.29 is 9.18 Å². The molecule has 1 aromatic carbocycles. The van der Waals surface area contributed by atoms with Crippen LogP contribution >= 0.6 is 0 Å². The lowest BCUT2D eigenvalue weighted by atomic mass is 9.80. The number of carbonyl (C=O) groups excluding carboxylic acids is 1. The van der Waals surface area contributed by atoms with Crippen LogP contribution in [0.5, 0.6) is 0 Å². The molecular formula is C26H30FNO. The minimum absolute atomic E-state index is 0.0600. The first-order valence-electron chi connectivity index (χ1n) is 11.0. The second-order valence-electron chi connectivity index (χ2n) is 10.8. The average Bonchev–Trinajstić information content (AvgIpc) is 3.22. The molecule has 0 radical (unpaired) electrons. The fourth-order valence-electron chi connectivity index (χ4n) is 5.86. The van der Waals surface area contributed by atoms with Crippen LogP contribution < -0.4 is 0 Å². The molecule has 3 aliphatic rings. The molecule has 0 N–H and O–H groups in total. The van der Waals surface area contributed by atoms with E-state index in [4.69, 9.17) is 0 Å². The Balaban J connectivity index is 1.37. The van der Waals surface area contributed by atoms with Gasteiger partial charge in [-0.3, -0.25) is 9.78 Å². The second-order valence-corrected chi connectivity index (χ2v) is 10.8. The molecule has 5 rings (SSSR count). The van der Waals surface area contributed by atoms with Gasteiger partial charge in [-0.1, -0.05) is 32.4 Å². The van der Waals surface area contributed by atoms with Crippen LogP contribution in [0.2, 0.25) is 0 Å². The normalized spacial score (nSPS) is 27.7. The van der Waals surface area contributed by atoms with E-state index >= 15 is 0 Å². The Labute approximate surface area is 172 Å². The minimum atomic E-state index is -0.194. The molecule has 0 spiro atoms. The second kappa shape index (κ2) is 6.48. The van der Waals surface area contributed by atoms with Gasteiger partial charge < -0.3 is 0 Å². The summed E-state index contributed by atoms with van der Waals surface area (Å²) in [6.07, 6.45) is 10.4. The van der Waals surface area contributed by atoms with E-state index in [0.29, 0.717) is 30.0 Å². The van der Waals surface area contributed by atoms with Gasteiger partial charge in [0.15, 0.2) is 0 Å². The van der Waals surface area contributed by atoms with E-state index < -0.39 is 0 Å². The highest BCUT2D eigenvalue weighted by molar-refractivity contribution is 5.91. The van der Waals surface area contributed by atoms with Gasteiger partial charge in [0.25, 0.3) is 0 Å². The smallest absolute Gasteiger partial charge is 0.143 e. The largest absolute Gasteiger partial charge is 0.299 e. The molecule has 0 bridgehead atoms. The van der Waals surface area contributed by atoms with Gasteiger partial charge in [0.05, 0.1) is 5.52 Å². The molecule has 1 aromatic heterocycles. The zero-order chi connectivity index (χ0) is 20.4. The summed E-state index contributed by atoms with van der Waals surface area (Å²) in [4.78, 5) is 17.4. The lowest BCUT2D eigenvalue weighted by molar-refractivity contribution is -0.124. The van der Waals surface area contributed by atoms with Crippen molar-refractivity contribution in [3.05, 3.63) is 53.5 Å². The molecule has 0 amide bonds. The van der Waals surface area contributed by atoms with Crippen LogP contribution in [-0.4, -0.2) is 10.8 Å². The van der Waals surface area contributed by atoms with Crippen molar-refractivity contribution in [2.45, 2.75) is 65.2 Å². The third-order valence-corrected chi connectivity index (χ3v) is 7.41. The van der Waals surface area contributed by atoms with E-state index in [1.54, 1.807) is 12.1 Å². The number of ketones is 1. The van der Waals surface area contributed by atoms with E-state index in [1.807, 2.05) is 6.20 Å². The number of nitrogens with zero attached hydrogens (tertiary/aromatic N) is 1. The summed E-state index contributed by atoms with van der Waals surface area (Å²) < 4.78 is 13.8. The highest BCUT2D eigenvalue weighted by Crippen LogP contribution is 2.61. The number of allylic oxidation sites excluding steroid dienone is 2. The Bertz CT molecular complexity index is 1010. The molecule has 0 unspecified atom stereocenters. The van der Waals surface area contributed by atoms with Crippen LogP contribution in [0.15, 0.2) is 42.1 Å². The molecule has 2 fully saturated rings. The van der Waals surface area contributed by atoms with Crippen LogP contribution in [-0.2, 0) is 4.79 Å². The minimum Gasteiger partial charge on any atom is -0.299 e. The standard InChI is InChI=1S/C26H30FNO/c1-25(2,3)15-24(29)26(7-8-26)19-12-16-10-18(11-17(16)13-19)21-6-9-28-23-5-4-20(27)14-22(21)23/h4-6,9,12,14,16-18H,7-8,10-11,13,15H2,1-3H3/t16-,17+,18-/m1/s1. The Morgan fingerprint density at radius 1 is 1.21 bits per heavy atom. The van der Waals surface area contributed by atoms with E-state index in [2.05, 4.69) is 37.9 Å². The first-order valence-corrected chi connectivity index (χ1v) is 11.0. The van der Waals surface area contributed by atoms with Crippen molar-refractivity contribution in [1.82, 2.24) is 4.98 Å². The number of carbonyl (C=O) groups is 1. The van der Waals surface area contributed by atoms with Crippen molar-refractivity contribution >= 4 is 16.7 Å². The molecule has 29 heavy (non-hydrogen) atoms. The quantitative estimate of drug-likeness (QED) is 0.550. The van der Waals surface area contributed by atoms with Crippen LogP contribution in [0.1, 0.15) is 70.8 Å². The summed E-state index contributed by atoms with van der Waals surface area (Å²) >= 11 is 0. The van der Waals surface area contributed by atoms with Gasteiger partial charge in [0, 0.05) is 23.4 Å². The number of hydrogen-bond acceptors (Lipinski definition) is 2. The molecule has 2 aromatic rings. The molecular weight excluding hydrogens is 361 g/mol. The highest BCUT2D eigenvalue weighted by Gasteiger charge is 2.55. The number of Topliss-reactive ketones (excluding diaryl/α,β-unsaturated/α-hetero) is 1. The Morgan fingerprint density at radius 3 is 2.69 bits per heavy atom. The van der Waals surface area contributed by atoms with Crippen LogP contribution in [0.25, 0.3) is 10.9 Å². The maximum atomic E-state index is 13.8. The number of halogens is 1. The number of aromatic nitrogens is 1. The maximum absolute atomic E-state index is 13.8. The van der Waals surface area contributed by atoms with E-state index in [1.165, 1.54) is 17.2 Å². The van der Waals surface area contributed by atoms with Gasteiger partial charge in [0.2, 0.25) is 0 Å². The maximum Gasteiger partial charge on any atom is 0.143 e. The number of pyridine rings is 1. The predicted octanol–water partition coefficient (Wildman–Crippen LogP) is 6.60. The summed E-state index contributed by atoms with van der Waals surface area (Å²) in [6.45, 7) is 6.47. The molecule has 1 heterocycles. The third-order valence-electron chi connectivity index (χ3n) is 7.41. The van der Waals surface area contributed by atoms with E-state index in [9.17, 15) is 9.18 Å². The lowest BCUT2D eigenvalue weighted by Gasteiger charge is -2.23. The van der Waals surface area contributed by atoms with Crippen LogP contribution in [0.4, 0.5) is 4.39 Å². The third kappa shape index (κ3) is 3.33. The van der Waals surface area contributed by atoms with Gasteiger partial charge in [-0.2, -0.15) is 0 Å². The topological polar surface area (TPSA) is 30.0 Å². The Hall–Kier alpha value is -2.03. The van der Waals surface area contributed by atoms with Gasteiger partial charge >= 0.3 is 0 Å². The molecule has 152 valence electrons. The number of fused-ring (bicyclic) bond motifs is 2.